The molecule has 0 spiro atoms. The zero-order valence-corrected chi connectivity index (χ0v) is 30.7. The lowest BCUT2D eigenvalue weighted by Gasteiger charge is -2.18. The highest BCUT2D eigenvalue weighted by molar-refractivity contribution is 7.25. The van der Waals surface area contributed by atoms with Gasteiger partial charge >= 0.3 is 0 Å². The molecule has 0 saturated carbocycles. The SMILES string of the molecule is c1ccc(-c2ccc(-c3ccc4c5ccccc5n(-c5ccccc5)c4c3)cc2Nc2ccc(-c3ccc4sc5ccccc5c4c3)c3ccccc23)cc1. The largest absolute Gasteiger partial charge is 0.354 e. The summed E-state index contributed by atoms with van der Waals surface area (Å²) < 4.78 is 5.04. The molecular weight excluding hydrogens is 685 g/mol. The van der Waals surface area contributed by atoms with E-state index in [0.29, 0.717) is 0 Å². The number of para-hydroxylation sites is 2. The molecule has 0 aliphatic heterocycles. The maximum Gasteiger partial charge on any atom is 0.0547 e. The first-order chi connectivity index (χ1) is 27.3. The third kappa shape index (κ3) is 5.32. The lowest BCUT2D eigenvalue weighted by atomic mass is 9.95. The number of benzene rings is 9. The van der Waals surface area contributed by atoms with Crippen LogP contribution >= 0.6 is 11.3 Å². The zero-order valence-electron chi connectivity index (χ0n) is 29.9. The van der Waals surface area contributed by atoms with Gasteiger partial charge in [0, 0.05) is 59.0 Å². The average molecular weight is 719 g/mol. The molecule has 2 heterocycles. The van der Waals surface area contributed by atoms with Gasteiger partial charge in [0.2, 0.25) is 0 Å². The molecule has 0 radical (unpaired) electrons. The molecule has 0 bridgehead atoms. The van der Waals surface area contributed by atoms with E-state index in [1.165, 1.54) is 75.0 Å². The number of fused-ring (bicyclic) bond motifs is 7. The van der Waals surface area contributed by atoms with E-state index in [0.717, 1.165) is 28.2 Å². The number of anilines is 2. The summed E-state index contributed by atoms with van der Waals surface area (Å²) >= 11 is 1.86. The van der Waals surface area contributed by atoms with Crippen molar-refractivity contribution < 1.29 is 0 Å². The van der Waals surface area contributed by atoms with Crippen molar-refractivity contribution in [2.45, 2.75) is 0 Å². The maximum absolute atomic E-state index is 3.94. The van der Waals surface area contributed by atoms with Crippen molar-refractivity contribution in [3.8, 4) is 39.1 Å². The molecule has 55 heavy (non-hydrogen) atoms. The smallest absolute Gasteiger partial charge is 0.0547 e. The Hall–Kier alpha value is -6.94. The minimum atomic E-state index is 1.07. The Balaban J connectivity index is 1.05. The molecule has 0 saturated heterocycles. The average Bonchev–Trinajstić information content (AvgIpc) is 3.79. The second-order valence-corrected chi connectivity index (χ2v) is 15.3. The first-order valence-electron chi connectivity index (χ1n) is 18.8. The van der Waals surface area contributed by atoms with Crippen molar-refractivity contribution in [1.82, 2.24) is 4.57 Å². The highest BCUT2D eigenvalue weighted by Gasteiger charge is 2.16. The van der Waals surface area contributed by atoms with Gasteiger partial charge in [-0.15, -0.1) is 11.3 Å². The minimum absolute atomic E-state index is 1.07. The number of hydrogen-bond donors (Lipinski definition) is 1. The van der Waals surface area contributed by atoms with Crippen LogP contribution in [0.1, 0.15) is 0 Å². The van der Waals surface area contributed by atoms with Crippen molar-refractivity contribution >= 4 is 75.5 Å². The van der Waals surface area contributed by atoms with Gasteiger partial charge in [-0.25, -0.2) is 0 Å². The van der Waals surface area contributed by atoms with Crippen LogP contribution in [0, 0.1) is 0 Å². The Morgan fingerprint density at radius 3 is 1.80 bits per heavy atom. The summed E-state index contributed by atoms with van der Waals surface area (Å²) in [7, 11) is 0. The van der Waals surface area contributed by atoms with Crippen LogP contribution in [0.2, 0.25) is 0 Å². The predicted octanol–water partition coefficient (Wildman–Crippen LogP) is 15.0. The van der Waals surface area contributed by atoms with Gasteiger partial charge in [-0.2, -0.15) is 0 Å². The predicted molar refractivity (Wildman–Crippen MR) is 237 cm³/mol. The van der Waals surface area contributed by atoms with Gasteiger partial charge in [0.15, 0.2) is 0 Å². The monoisotopic (exact) mass is 718 g/mol. The van der Waals surface area contributed by atoms with Gasteiger partial charge in [-0.1, -0.05) is 146 Å². The summed E-state index contributed by atoms with van der Waals surface area (Å²) in [5.74, 6) is 0. The number of nitrogens with zero attached hydrogens (tertiary/aromatic N) is 1. The zero-order chi connectivity index (χ0) is 36.3. The van der Waals surface area contributed by atoms with E-state index in [1.807, 2.05) is 11.3 Å². The summed E-state index contributed by atoms with van der Waals surface area (Å²) in [4.78, 5) is 0. The highest BCUT2D eigenvalue weighted by Crippen LogP contribution is 2.42. The van der Waals surface area contributed by atoms with E-state index in [9.17, 15) is 0 Å². The topological polar surface area (TPSA) is 17.0 Å². The number of aromatic nitrogens is 1. The van der Waals surface area contributed by atoms with Gasteiger partial charge in [-0.05, 0) is 87.8 Å². The fourth-order valence-corrected chi connectivity index (χ4v) is 9.49. The first-order valence-corrected chi connectivity index (χ1v) is 19.6. The van der Waals surface area contributed by atoms with Crippen LogP contribution in [-0.4, -0.2) is 4.57 Å². The Kier molecular flexibility index (Phi) is 7.39. The van der Waals surface area contributed by atoms with Crippen LogP contribution in [0.25, 0.3) is 91.8 Å². The quantitative estimate of drug-likeness (QED) is 0.181. The van der Waals surface area contributed by atoms with E-state index >= 15 is 0 Å². The molecule has 11 aromatic rings. The number of thiophene rings is 1. The van der Waals surface area contributed by atoms with Crippen LogP contribution in [0.4, 0.5) is 11.4 Å². The fraction of sp³-hybridized carbons (Fsp3) is 0. The van der Waals surface area contributed by atoms with Gasteiger partial charge in [0.05, 0.1) is 11.0 Å². The molecule has 0 amide bonds. The standard InChI is InChI=1S/C52H34N2S/c1-3-13-34(14-4-1)40-26-23-35(36-24-27-44-43-19-9-11-21-49(43)54(50(44)33-36)38-15-5-2-6-16-38)32-48(40)53-47-29-28-39(41-17-7-8-18-42(41)47)37-25-30-52-46(31-37)45-20-10-12-22-51(45)55-52/h1-33,53H. The van der Waals surface area contributed by atoms with E-state index in [4.69, 9.17) is 0 Å². The molecule has 2 nitrogen and oxygen atoms in total. The normalized spacial score (nSPS) is 11.6. The van der Waals surface area contributed by atoms with Gasteiger partial charge in [0.25, 0.3) is 0 Å². The summed E-state index contributed by atoms with van der Waals surface area (Å²) in [6.45, 7) is 0. The van der Waals surface area contributed by atoms with Gasteiger partial charge < -0.3 is 9.88 Å². The Labute approximate surface area is 323 Å². The van der Waals surface area contributed by atoms with Gasteiger partial charge in [-0.3, -0.25) is 0 Å². The van der Waals surface area contributed by atoms with E-state index in [1.54, 1.807) is 0 Å². The second kappa shape index (κ2) is 12.9. The van der Waals surface area contributed by atoms with E-state index < -0.39 is 0 Å². The lowest BCUT2D eigenvalue weighted by molar-refractivity contribution is 1.18. The molecule has 0 aliphatic carbocycles. The number of nitrogens with one attached hydrogen (secondary N) is 1. The fourth-order valence-electron chi connectivity index (χ4n) is 8.40. The van der Waals surface area contributed by atoms with E-state index in [2.05, 4.69) is 210 Å². The minimum Gasteiger partial charge on any atom is -0.354 e. The highest BCUT2D eigenvalue weighted by atomic mass is 32.1. The number of hydrogen-bond acceptors (Lipinski definition) is 2. The maximum atomic E-state index is 3.94. The van der Waals surface area contributed by atoms with Crippen LogP contribution in [0.5, 0.6) is 0 Å². The van der Waals surface area contributed by atoms with Crippen molar-refractivity contribution in [1.29, 1.82) is 0 Å². The van der Waals surface area contributed by atoms with E-state index in [-0.39, 0.29) is 0 Å². The molecule has 258 valence electrons. The van der Waals surface area contributed by atoms with Gasteiger partial charge in [0.1, 0.15) is 0 Å². The van der Waals surface area contributed by atoms with Crippen molar-refractivity contribution in [3.63, 3.8) is 0 Å². The summed E-state index contributed by atoms with van der Waals surface area (Å²) in [6.07, 6.45) is 0. The lowest BCUT2D eigenvalue weighted by Crippen LogP contribution is -1.97. The number of rotatable bonds is 6. The molecule has 1 N–H and O–H groups in total. The van der Waals surface area contributed by atoms with Crippen LogP contribution in [0.3, 0.4) is 0 Å². The molecular formula is C52H34N2S. The van der Waals surface area contributed by atoms with Crippen LogP contribution < -0.4 is 5.32 Å². The summed E-state index contributed by atoms with van der Waals surface area (Å²) in [5.41, 5.74) is 12.8. The molecule has 0 fully saturated rings. The molecule has 0 atom stereocenters. The molecule has 0 unspecified atom stereocenters. The molecule has 9 aromatic carbocycles. The van der Waals surface area contributed by atoms with Crippen molar-refractivity contribution in [2.24, 2.45) is 0 Å². The Morgan fingerprint density at radius 2 is 0.945 bits per heavy atom. The van der Waals surface area contributed by atoms with Crippen molar-refractivity contribution in [2.75, 3.05) is 5.32 Å². The summed E-state index contributed by atoms with van der Waals surface area (Å²) in [6, 6.07) is 72.8. The Morgan fingerprint density at radius 1 is 0.327 bits per heavy atom. The Bertz CT molecular complexity index is 3230. The third-order valence-electron chi connectivity index (χ3n) is 11.0. The second-order valence-electron chi connectivity index (χ2n) is 14.2. The molecule has 0 aliphatic rings. The van der Waals surface area contributed by atoms with Crippen LogP contribution in [0.15, 0.2) is 200 Å². The third-order valence-corrected chi connectivity index (χ3v) is 12.2. The molecule has 2 aromatic heterocycles. The first kappa shape index (κ1) is 31.6. The van der Waals surface area contributed by atoms with Crippen molar-refractivity contribution in [3.05, 3.63) is 200 Å². The molecule has 3 heteroatoms. The summed E-state index contributed by atoms with van der Waals surface area (Å²) in [5, 5.41) is 11.5. The molecule has 11 rings (SSSR count). The van der Waals surface area contributed by atoms with Crippen LogP contribution in [-0.2, 0) is 0 Å².